The monoisotopic (exact) mass is 240 g/mol. The maximum absolute atomic E-state index is 11.8. The molecule has 0 spiro atoms. The molecule has 0 unspecified atom stereocenters. The third-order valence-electron chi connectivity index (χ3n) is 2.94. The quantitative estimate of drug-likeness (QED) is 0.731. The molecule has 1 amide bonds. The SMILES string of the molecule is Cc1ccc2c(c1)NC(=O)Cc1cnc(N)nc1-2. The number of nitrogens with two attached hydrogens (primary N) is 1. The topological polar surface area (TPSA) is 80.9 Å². The average Bonchev–Trinajstić information content (AvgIpc) is 2.44. The lowest BCUT2D eigenvalue weighted by Crippen LogP contribution is -2.12. The first-order chi connectivity index (χ1) is 8.63. The largest absolute Gasteiger partial charge is 0.368 e. The first kappa shape index (κ1) is 10.7. The van der Waals surface area contributed by atoms with Crippen LogP contribution in [-0.4, -0.2) is 15.9 Å². The number of nitrogen functional groups attached to an aromatic ring is 1. The van der Waals surface area contributed by atoms with Gasteiger partial charge in [-0.25, -0.2) is 9.97 Å². The van der Waals surface area contributed by atoms with E-state index in [1.54, 1.807) is 6.20 Å². The van der Waals surface area contributed by atoms with Gasteiger partial charge in [-0.05, 0) is 18.6 Å². The molecule has 5 nitrogen and oxygen atoms in total. The highest BCUT2D eigenvalue weighted by atomic mass is 16.1. The number of nitrogens with one attached hydrogen (secondary N) is 1. The molecule has 0 radical (unpaired) electrons. The summed E-state index contributed by atoms with van der Waals surface area (Å²) in [4.78, 5) is 20.0. The number of carbonyl (C=O) groups excluding carboxylic acids is 1. The van der Waals surface area contributed by atoms with Crippen molar-refractivity contribution in [2.45, 2.75) is 13.3 Å². The van der Waals surface area contributed by atoms with Crippen molar-refractivity contribution in [2.75, 3.05) is 11.1 Å². The van der Waals surface area contributed by atoms with Gasteiger partial charge in [0.1, 0.15) is 0 Å². The molecule has 0 bridgehead atoms. The molecule has 0 atom stereocenters. The zero-order valence-corrected chi connectivity index (χ0v) is 9.90. The Morgan fingerprint density at radius 2 is 2.22 bits per heavy atom. The van der Waals surface area contributed by atoms with Crippen LogP contribution in [-0.2, 0) is 11.2 Å². The number of amides is 1. The van der Waals surface area contributed by atoms with E-state index in [1.807, 2.05) is 25.1 Å². The summed E-state index contributed by atoms with van der Waals surface area (Å²) >= 11 is 0. The van der Waals surface area contributed by atoms with Gasteiger partial charge in [0, 0.05) is 17.3 Å². The number of aryl methyl sites for hydroxylation is 1. The molecule has 3 rings (SSSR count). The third-order valence-corrected chi connectivity index (χ3v) is 2.94. The van der Waals surface area contributed by atoms with Gasteiger partial charge in [-0.15, -0.1) is 0 Å². The summed E-state index contributed by atoms with van der Waals surface area (Å²) in [5.41, 5.74) is 9.90. The van der Waals surface area contributed by atoms with Crippen LogP contribution in [0.1, 0.15) is 11.1 Å². The average molecular weight is 240 g/mol. The van der Waals surface area contributed by atoms with Gasteiger partial charge in [0.2, 0.25) is 11.9 Å². The number of fused-ring (bicyclic) bond motifs is 3. The van der Waals surface area contributed by atoms with Gasteiger partial charge >= 0.3 is 0 Å². The Bertz CT molecular complexity index is 651. The van der Waals surface area contributed by atoms with Crippen molar-refractivity contribution in [3.05, 3.63) is 35.5 Å². The van der Waals surface area contributed by atoms with Gasteiger partial charge in [0.05, 0.1) is 17.8 Å². The zero-order valence-electron chi connectivity index (χ0n) is 9.90. The van der Waals surface area contributed by atoms with Gasteiger partial charge in [-0.2, -0.15) is 0 Å². The minimum atomic E-state index is -0.0611. The molecule has 0 aliphatic carbocycles. The maximum Gasteiger partial charge on any atom is 0.228 e. The van der Waals surface area contributed by atoms with Crippen LogP contribution in [0.3, 0.4) is 0 Å². The second-order valence-electron chi connectivity index (χ2n) is 4.38. The van der Waals surface area contributed by atoms with Crippen molar-refractivity contribution in [1.82, 2.24) is 9.97 Å². The Balaban J connectivity index is 2.30. The molecule has 0 fully saturated rings. The van der Waals surface area contributed by atoms with E-state index < -0.39 is 0 Å². The van der Waals surface area contributed by atoms with E-state index in [0.717, 1.165) is 28.1 Å². The first-order valence-corrected chi connectivity index (χ1v) is 5.66. The Morgan fingerprint density at radius 3 is 3.06 bits per heavy atom. The molecule has 1 aromatic heterocycles. The van der Waals surface area contributed by atoms with Gasteiger partial charge in [0.25, 0.3) is 0 Å². The molecule has 18 heavy (non-hydrogen) atoms. The molecule has 2 heterocycles. The van der Waals surface area contributed by atoms with E-state index in [9.17, 15) is 4.79 Å². The highest BCUT2D eigenvalue weighted by Crippen LogP contribution is 2.32. The van der Waals surface area contributed by atoms with Gasteiger partial charge in [0.15, 0.2) is 0 Å². The minimum absolute atomic E-state index is 0.0611. The second-order valence-corrected chi connectivity index (χ2v) is 4.38. The normalized spacial score (nSPS) is 13.3. The van der Waals surface area contributed by atoms with Crippen LogP contribution < -0.4 is 11.1 Å². The van der Waals surface area contributed by atoms with E-state index in [0.29, 0.717) is 0 Å². The Kier molecular flexibility index (Phi) is 2.26. The maximum atomic E-state index is 11.8. The highest BCUT2D eigenvalue weighted by Gasteiger charge is 2.20. The number of hydrogen-bond donors (Lipinski definition) is 2. The van der Waals surface area contributed by atoms with Crippen molar-refractivity contribution in [3.63, 3.8) is 0 Å². The number of anilines is 2. The number of hydrogen-bond acceptors (Lipinski definition) is 4. The lowest BCUT2D eigenvalue weighted by molar-refractivity contribution is -0.115. The van der Waals surface area contributed by atoms with Crippen LogP contribution >= 0.6 is 0 Å². The lowest BCUT2D eigenvalue weighted by Gasteiger charge is -2.08. The smallest absolute Gasteiger partial charge is 0.228 e. The summed E-state index contributed by atoms with van der Waals surface area (Å²) in [6.45, 7) is 1.98. The summed E-state index contributed by atoms with van der Waals surface area (Å²) in [7, 11) is 0. The third kappa shape index (κ3) is 1.69. The molecule has 1 aromatic carbocycles. The Hall–Kier alpha value is -2.43. The van der Waals surface area contributed by atoms with Crippen molar-refractivity contribution in [1.29, 1.82) is 0 Å². The first-order valence-electron chi connectivity index (χ1n) is 5.66. The van der Waals surface area contributed by atoms with Crippen LogP contribution in [0.25, 0.3) is 11.3 Å². The fourth-order valence-corrected chi connectivity index (χ4v) is 2.12. The molecule has 2 aromatic rings. The van der Waals surface area contributed by atoms with Crippen molar-refractivity contribution in [2.24, 2.45) is 0 Å². The number of aromatic nitrogens is 2. The fraction of sp³-hybridized carbons (Fsp3) is 0.154. The highest BCUT2D eigenvalue weighted by molar-refractivity contribution is 6.00. The number of rotatable bonds is 0. The number of benzene rings is 1. The standard InChI is InChI=1S/C13H12N4O/c1-7-2-3-9-10(4-7)16-11(18)5-8-6-15-13(14)17-12(8)9/h2-4,6H,5H2,1H3,(H,16,18)(H2,14,15,17). The number of nitrogens with zero attached hydrogens (tertiary/aromatic N) is 2. The molecule has 0 saturated carbocycles. The molecule has 1 aliphatic heterocycles. The molecule has 1 aliphatic rings. The van der Waals surface area contributed by atoms with Crippen LogP contribution in [0, 0.1) is 6.92 Å². The zero-order chi connectivity index (χ0) is 12.7. The summed E-state index contributed by atoms with van der Waals surface area (Å²) in [5, 5.41) is 2.88. The second kappa shape index (κ2) is 3.80. The van der Waals surface area contributed by atoms with E-state index in [4.69, 9.17) is 5.73 Å². The van der Waals surface area contributed by atoms with Crippen LogP contribution in [0.2, 0.25) is 0 Å². The summed E-state index contributed by atoms with van der Waals surface area (Å²) in [6, 6.07) is 5.86. The summed E-state index contributed by atoms with van der Waals surface area (Å²) in [6.07, 6.45) is 1.88. The molecule has 90 valence electrons. The van der Waals surface area contributed by atoms with Crippen molar-refractivity contribution < 1.29 is 4.79 Å². The summed E-state index contributed by atoms with van der Waals surface area (Å²) < 4.78 is 0. The van der Waals surface area contributed by atoms with Crippen molar-refractivity contribution in [3.8, 4) is 11.3 Å². The van der Waals surface area contributed by atoms with Gasteiger partial charge < -0.3 is 11.1 Å². The van der Waals surface area contributed by atoms with Crippen molar-refractivity contribution >= 4 is 17.5 Å². The predicted molar refractivity (Wildman–Crippen MR) is 69.0 cm³/mol. The Labute approximate surface area is 104 Å². The Morgan fingerprint density at radius 1 is 1.39 bits per heavy atom. The molecule has 0 saturated heterocycles. The van der Waals surface area contributed by atoms with E-state index >= 15 is 0 Å². The number of carbonyl (C=O) groups is 1. The van der Waals surface area contributed by atoms with Gasteiger partial charge in [-0.1, -0.05) is 12.1 Å². The van der Waals surface area contributed by atoms with Crippen LogP contribution in [0.4, 0.5) is 11.6 Å². The molecular weight excluding hydrogens is 228 g/mol. The lowest BCUT2D eigenvalue weighted by atomic mass is 10.0. The molecule has 3 N–H and O–H groups in total. The fourth-order valence-electron chi connectivity index (χ4n) is 2.12. The molecular formula is C13H12N4O. The van der Waals surface area contributed by atoms with Crippen LogP contribution in [0.15, 0.2) is 24.4 Å². The van der Waals surface area contributed by atoms with E-state index in [2.05, 4.69) is 15.3 Å². The van der Waals surface area contributed by atoms with E-state index in [-0.39, 0.29) is 18.3 Å². The predicted octanol–water partition coefficient (Wildman–Crippen LogP) is 1.53. The van der Waals surface area contributed by atoms with Gasteiger partial charge in [-0.3, -0.25) is 4.79 Å². The summed E-state index contributed by atoms with van der Waals surface area (Å²) in [5.74, 6) is 0.156. The van der Waals surface area contributed by atoms with Crippen LogP contribution in [0.5, 0.6) is 0 Å². The van der Waals surface area contributed by atoms with E-state index in [1.165, 1.54) is 0 Å². The molecule has 5 heteroatoms. The minimum Gasteiger partial charge on any atom is -0.368 e.